The number of aliphatic hydroxyl groups excluding tert-OH is 1. The van der Waals surface area contributed by atoms with Gasteiger partial charge in [-0.25, -0.2) is 9.59 Å². The first-order valence-corrected chi connectivity index (χ1v) is 10.1. The minimum Gasteiger partial charge on any atom is -0.479 e. The van der Waals surface area contributed by atoms with Gasteiger partial charge in [0.05, 0.1) is 6.61 Å². The number of carboxylic acid groups (broad SMARTS) is 1. The van der Waals surface area contributed by atoms with Crippen LogP contribution in [0.3, 0.4) is 0 Å². The molecule has 2 aromatic rings. The van der Waals surface area contributed by atoms with E-state index in [2.05, 4.69) is 10.6 Å². The third-order valence-corrected chi connectivity index (χ3v) is 6.05. The summed E-state index contributed by atoms with van der Waals surface area (Å²) in [6.07, 6.45) is -0.00977. The molecule has 0 radical (unpaired) electrons. The molecule has 0 aromatic heterocycles. The highest BCUT2D eigenvalue weighted by molar-refractivity contribution is 5.96. The van der Waals surface area contributed by atoms with Crippen LogP contribution in [0.5, 0.6) is 0 Å². The molecule has 0 heterocycles. The number of rotatable bonds is 7. The molecule has 8 heteroatoms. The van der Waals surface area contributed by atoms with Crippen LogP contribution in [0.1, 0.15) is 36.8 Å². The number of ether oxygens (including phenoxy) is 1. The van der Waals surface area contributed by atoms with E-state index in [1.54, 1.807) is 0 Å². The lowest BCUT2D eigenvalue weighted by molar-refractivity contribution is -0.149. The molecule has 2 aromatic carbocycles. The number of nitrogens with one attached hydrogen (secondary N) is 2. The number of hydrogen-bond donors (Lipinski definition) is 4. The molecule has 31 heavy (non-hydrogen) atoms. The van der Waals surface area contributed by atoms with Crippen molar-refractivity contribution >= 4 is 18.0 Å². The van der Waals surface area contributed by atoms with E-state index in [-0.39, 0.29) is 12.5 Å². The Balaban J connectivity index is 1.41. The molecule has 8 nitrogen and oxygen atoms in total. The highest BCUT2D eigenvalue weighted by atomic mass is 16.5. The maximum absolute atomic E-state index is 12.6. The number of amides is 2. The number of aliphatic carboxylic acids is 1. The van der Waals surface area contributed by atoms with Crippen molar-refractivity contribution in [1.82, 2.24) is 10.6 Å². The van der Waals surface area contributed by atoms with E-state index in [0.717, 1.165) is 22.3 Å². The summed E-state index contributed by atoms with van der Waals surface area (Å²) < 4.78 is 5.47. The summed E-state index contributed by atoms with van der Waals surface area (Å²) in [6, 6.07) is 15.9. The molecule has 4 N–H and O–H groups in total. The van der Waals surface area contributed by atoms with Crippen LogP contribution in [0.2, 0.25) is 0 Å². The quantitative estimate of drug-likeness (QED) is 0.539. The molecule has 0 spiro atoms. The second kappa shape index (κ2) is 7.70. The van der Waals surface area contributed by atoms with Crippen molar-refractivity contribution in [3.63, 3.8) is 0 Å². The van der Waals surface area contributed by atoms with Crippen LogP contribution in [-0.4, -0.2) is 52.5 Å². The Morgan fingerprint density at radius 1 is 1.06 bits per heavy atom. The zero-order chi connectivity index (χ0) is 22.2. The van der Waals surface area contributed by atoms with Crippen molar-refractivity contribution in [2.45, 2.75) is 36.8 Å². The van der Waals surface area contributed by atoms with E-state index >= 15 is 0 Å². The first kappa shape index (κ1) is 20.9. The molecule has 0 bridgehead atoms. The summed E-state index contributed by atoms with van der Waals surface area (Å²) >= 11 is 0. The Bertz CT molecular complexity index is 1000. The molecule has 1 unspecified atom stereocenters. The highest BCUT2D eigenvalue weighted by Crippen LogP contribution is 2.44. The van der Waals surface area contributed by atoms with Crippen LogP contribution in [0.4, 0.5) is 4.79 Å². The fraction of sp³-hybridized carbons (Fsp3) is 0.348. The van der Waals surface area contributed by atoms with Gasteiger partial charge < -0.3 is 25.6 Å². The Morgan fingerprint density at radius 2 is 1.61 bits per heavy atom. The van der Waals surface area contributed by atoms with Gasteiger partial charge in [-0.15, -0.1) is 0 Å². The molecule has 0 aliphatic heterocycles. The van der Waals surface area contributed by atoms with E-state index in [0.29, 0.717) is 12.8 Å². The van der Waals surface area contributed by atoms with Crippen molar-refractivity contribution < 1.29 is 29.3 Å². The maximum atomic E-state index is 12.6. The van der Waals surface area contributed by atoms with Crippen LogP contribution < -0.4 is 10.6 Å². The van der Waals surface area contributed by atoms with Gasteiger partial charge in [0.2, 0.25) is 5.91 Å². The van der Waals surface area contributed by atoms with Gasteiger partial charge in [0.15, 0.2) is 5.54 Å². The van der Waals surface area contributed by atoms with Crippen molar-refractivity contribution in [2.75, 3.05) is 13.2 Å². The third kappa shape index (κ3) is 3.74. The summed E-state index contributed by atoms with van der Waals surface area (Å²) in [5.41, 5.74) is 1.35. The van der Waals surface area contributed by atoms with Crippen LogP contribution in [0.15, 0.2) is 48.5 Å². The molecule has 1 saturated carbocycles. The molecule has 4 rings (SSSR count). The fourth-order valence-corrected chi connectivity index (χ4v) is 3.89. The lowest BCUT2D eigenvalue weighted by Gasteiger charge is -2.27. The second-order valence-electron chi connectivity index (χ2n) is 8.28. The molecule has 1 fully saturated rings. The topological polar surface area (TPSA) is 125 Å². The second-order valence-corrected chi connectivity index (χ2v) is 8.28. The molecule has 2 aliphatic rings. The predicted molar refractivity (Wildman–Crippen MR) is 111 cm³/mol. The standard InChI is InChI=1S/C23H24N2O6/c1-22(13-26,20(28)29)24-19(27)23(10-11-23)25-21(30)31-12-18-16-8-4-2-6-14(16)15-7-3-5-9-17(15)18/h2-9,18,26H,10-13H2,1H3,(H,24,27)(H,25,30)(H,28,29). The van der Waals surface area contributed by atoms with Crippen molar-refractivity contribution in [3.8, 4) is 11.1 Å². The summed E-state index contributed by atoms with van der Waals surface area (Å²) in [5.74, 6) is -2.12. The van der Waals surface area contributed by atoms with Crippen molar-refractivity contribution in [2.24, 2.45) is 0 Å². The first-order chi connectivity index (χ1) is 14.8. The van der Waals surface area contributed by atoms with E-state index in [1.165, 1.54) is 6.92 Å². The Labute approximate surface area is 179 Å². The molecular formula is C23H24N2O6. The Morgan fingerprint density at radius 3 is 2.10 bits per heavy atom. The van der Waals surface area contributed by atoms with Crippen LogP contribution >= 0.6 is 0 Å². The van der Waals surface area contributed by atoms with Gasteiger partial charge in [0.1, 0.15) is 12.1 Å². The number of hydrogen-bond acceptors (Lipinski definition) is 5. The third-order valence-electron chi connectivity index (χ3n) is 6.05. The number of aliphatic hydroxyl groups is 1. The van der Waals surface area contributed by atoms with Gasteiger partial charge in [-0.2, -0.15) is 0 Å². The minimum absolute atomic E-state index is 0.105. The van der Waals surface area contributed by atoms with E-state index in [9.17, 15) is 24.6 Å². The average molecular weight is 424 g/mol. The monoisotopic (exact) mass is 424 g/mol. The molecule has 2 amide bonds. The molecule has 2 aliphatic carbocycles. The van der Waals surface area contributed by atoms with Gasteiger partial charge in [-0.05, 0) is 42.0 Å². The number of alkyl carbamates (subject to hydrolysis) is 1. The maximum Gasteiger partial charge on any atom is 0.408 e. The Hall–Kier alpha value is -3.39. The van der Waals surface area contributed by atoms with Gasteiger partial charge in [0, 0.05) is 5.92 Å². The molecule has 0 saturated heterocycles. The van der Waals surface area contributed by atoms with Crippen LogP contribution in [0, 0.1) is 0 Å². The van der Waals surface area contributed by atoms with Crippen molar-refractivity contribution in [3.05, 3.63) is 59.7 Å². The normalized spacial score (nSPS) is 17.6. The fourth-order valence-electron chi connectivity index (χ4n) is 3.89. The molecule has 1 atom stereocenters. The summed E-state index contributed by atoms with van der Waals surface area (Å²) in [7, 11) is 0. The van der Waals surface area contributed by atoms with Gasteiger partial charge >= 0.3 is 12.1 Å². The largest absolute Gasteiger partial charge is 0.479 e. The van der Waals surface area contributed by atoms with E-state index < -0.39 is 35.7 Å². The Kier molecular flexibility index (Phi) is 5.18. The molecule has 162 valence electrons. The van der Waals surface area contributed by atoms with E-state index in [1.807, 2.05) is 48.5 Å². The van der Waals surface area contributed by atoms with Crippen LogP contribution in [0.25, 0.3) is 11.1 Å². The first-order valence-electron chi connectivity index (χ1n) is 10.1. The smallest absolute Gasteiger partial charge is 0.408 e. The number of benzene rings is 2. The highest BCUT2D eigenvalue weighted by Gasteiger charge is 2.54. The zero-order valence-corrected chi connectivity index (χ0v) is 17.1. The van der Waals surface area contributed by atoms with Gasteiger partial charge in [0.25, 0.3) is 0 Å². The number of fused-ring (bicyclic) bond motifs is 3. The van der Waals surface area contributed by atoms with Crippen LogP contribution in [-0.2, 0) is 14.3 Å². The minimum atomic E-state index is -1.82. The summed E-state index contributed by atoms with van der Waals surface area (Å²) in [6.45, 7) is 0.548. The van der Waals surface area contributed by atoms with E-state index in [4.69, 9.17) is 4.74 Å². The van der Waals surface area contributed by atoms with Crippen molar-refractivity contribution in [1.29, 1.82) is 0 Å². The number of carboxylic acids is 1. The zero-order valence-electron chi connectivity index (χ0n) is 17.1. The number of carbonyl (C=O) groups excluding carboxylic acids is 2. The SMILES string of the molecule is CC(CO)(NC(=O)C1(NC(=O)OCC2c3ccccc3-c3ccccc32)CC1)C(=O)O. The lowest BCUT2D eigenvalue weighted by Crippen LogP contribution is -2.60. The summed E-state index contributed by atoms with van der Waals surface area (Å²) in [5, 5.41) is 23.5. The lowest BCUT2D eigenvalue weighted by atomic mass is 9.98. The predicted octanol–water partition coefficient (Wildman–Crippen LogP) is 2.01. The number of carbonyl (C=O) groups is 3. The molecular weight excluding hydrogens is 400 g/mol. The van der Waals surface area contributed by atoms with Gasteiger partial charge in [-0.1, -0.05) is 48.5 Å². The average Bonchev–Trinajstić information content (AvgIpc) is 3.48. The summed E-state index contributed by atoms with van der Waals surface area (Å²) in [4.78, 5) is 36.4. The van der Waals surface area contributed by atoms with Gasteiger partial charge in [-0.3, -0.25) is 4.79 Å².